The first-order valence-corrected chi connectivity index (χ1v) is 6.38. The molecule has 3 nitrogen and oxygen atoms in total. The Hall–Kier alpha value is -0.120. The quantitative estimate of drug-likeness (QED) is 0.717. The topological polar surface area (TPSA) is 33.3 Å². The second kappa shape index (κ2) is 5.28. The van der Waals surface area contributed by atoms with Crippen molar-refractivity contribution in [2.24, 2.45) is 5.41 Å². The molecular formula is C12H24N2O. The molecule has 15 heavy (non-hydrogen) atoms. The van der Waals surface area contributed by atoms with E-state index in [-0.39, 0.29) is 0 Å². The van der Waals surface area contributed by atoms with E-state index in [9.17, 15) is 0 Å². The van der Waals surface area contributed by atoms with Crippen molar-refractivity contribution in [3.63, 3.8) is 0 Å². The van der Waals surface area contributed by atoms with Crippen molar-refractivity contribution in [3.8, 4) is 0 Å². The second-order valence-electron chi connectivity index (χ2n) is 5.03. The molecule has 2 N–H and O–H groups in total. The number of hydrogen-bond acceptors (Lipinski definition) is 3. The van der Waals surface area contributed by atoms with Crippen molar-refractivity contribution >= 4 is 0 Å². The molecule has 0 amide bonds. The van der Waals surface area contributed by atoms with E-state index in [0.717, 1.165) is 26.2 Å². The van der Waals surface area contributed by atoms with E-state index in [1.54, 1.807) is 0 Å². The summed E-state index contributed by atoms with van der Waals surface area (Å²) in [6.45, 7) is 7.39. The summed E-state index contributed by atoms with van der Waals surface area (Å²) in [5, 5.41) is 6.94. The Bertz CT molecular complexity index is 181. The molecule has 3 heteroatoms. The van der Waals surface area contributed by atoms with Gasteiger partial charge in [-0.15, -0.1) is 0 Å². The molecule has 1 aliphatic heterocycles. The lowest BCUT2D eigenvalue weighted by atomic mass is 9.67. The van der Waals surface area contributed by atoms with Crippen LogP contribution < -0.4 is 10.6 Å². The zero-order valence-electron chi connectivity index (χ0n) is 9.85. The fraction of sp³-hybridized carbons (Fsp3) is 1.00. The molecule has 0 spiro atoms. The van der Waals surface area contributed by atoms with Gasteiger partial charge in [0.2, 0.25) is 0 Å². The largest absolute Gasteiger partial charge is 0.374 e. The molecule has 1 heterocycles. The zero-order chi connectivity index (χ0) is 10.6. The number of rotatable bonds is 5. The molecule has 0 aromatic carbocycles. The SMILES string of the molecule is CCC1(CNCC2CNCCO2)CCC1. The van der Waals surface area contributed by atoms with Crippen molar-refractivity contribution < 1.29 is 4.74 Å². The molecule has 1 atom stereocenters. The number of morpholine rings is 1. The van der Waals surface area contributed by atoms with Crippen molar-refractivity contribution in [3.05, 3.63) is 0 Å². The fourth-order valence-corrected chi connectivity index (χ4v) is 2.58. The van der Waals surface area contributed by atoms with Crippen LogP contribution in [-0.4, -0.2) is 38.9 Å². The van der Waals surface area contributed by atoms with Crippen LogP contribution in [0.2, 0.25) is 0 Å². The van der Waals surface area contributed by atoms with E-state index in [4.69, 9.17) is 4.74 Å². The van der Waals surface area contributed by atoms with Crippen LogP contribution >= 0.6 is 0 Å². The summed E-state index contributed by atoms with van der Waals surface area (Å²) in [6.07, 6.45) is 5.97. The van der Waals surface area contributed by atoms with E-state index < -0.39 is 0 Å². The predicted molar refractivity (Wildman–Crippen MR) is 62.1 cm³/mol. The highest BCUT2D eigenvalue weighted by Gasteiger charge is 2.34. The second-order valence-corrected chi connectivity index (χ2v) is 5.03. The first kappa shape index (κ1) is 11.4. The molecule has 1 saturated heterocycles. The summed E-state index contributed by atoms with van der Waals surface area (Å²) in [7, 11) is 0. The normalized spacial score (nSPS) is 29.8. The molecule has 1 unspecified atom stereocenters. The van der Waals surface area contributed by atoms with Crippen LogP contribution in [0.15, 0.2) is 0 Å². The molecule has 0 aromatic heterocycles. The van der Waals surface area contributed by atoms with Crippen molar-refractivity contribution in [2.75, 3.05) is 32.8 Å². The van der Waals surface area contributed by atoms with E-state index in [1.807, 2.05) is 0 Å². The van der Waals surface area contributed by atoms with Crippen molar-refractivity contribution in [1.29, 1.82) is 0 Å². The van der Waals surface area contributed by atoms with Gasteiger partial charge in [0, 0.05) is 26.2 Å². The van der Waals surface area contributed by atoms with Gasteiger partial charge >= 0.3 is 0 Å². The highest BCUT2D eigenvalue weighted by atomic mass is 16.5. The Balaban J connectivity index is 1.61. The van der Waals surface area contributed by atoms with Gasteiger partial charge in [-0.05, 0) is 24.7 Å². The Morgan fingerprint density at radius 1 is 1.47 bits per heavy atom. The van der Waals surface area contributed by atoms with Crippen LogP contribution in [0.5, 0.6) is 0 Å². The van der Waals surface area contributed by atoms with Crippen LogP contribution in [0, 0.1) is 5.41 Å². The third-order valence-corrected chi connectivity index (χ3v) is 4.04. The Kier molecular flexibility index (Phi) is 4.00. The molecular weight excluding hydrogens is 188 g/mol. The van der Waals surface area contributed by atoms with Gasteiger partial charge in [-0.2, -0.15) is 0 Å². The van der Waals surface area contributed by atoms with Gasteiger partial charge in [-0.3, -0.25) is 0 Å². The minimum atomic E-state index is 0.382. The highest BCUT2D eigenvalue weighted by molar-refractivity contribution is 4.88. The van der Waals surface area contributed by atoms with E-state index in [0.29, 0.717) is 11.5 Å². The summed E-state index contributed by atoms with van der Waals surface area (Å²) in [5.74, 6) is 0. The first-order valence-electron chi connectivity index (χ1n) is 6.38. The summed E-state index contributed by atoms with van der Waals surface area (Å²) in [5.41, 5.74) is 0.627. The van der Waals surface area contributed by atoms with Gasteiger partial charge in [0.25, 0.3) is 0 Å². The maximum Gasteiger partial charge on any atom is 0.0824 e. The molecule has 1 saturated carbocycles. The van der Waals surface area contributed by atoms with Crippen LogP contribution in [0.25, 0.3) is 0 Å². The predicted octanol–water partition coefficient (Wildman–Crippen LogP) is 1.14. The zero-order valence-corrected chi connectivity index (χ0v) is 9.85. The maximum absolute atomic E-state index is 5.65. The average Bonchev–Trinajstić information content (AvgIpc) is 2.24. The standard InChI is InChI=1S/C12H24N2O/c1-2-12(4-3-5-12)10-14-9-11-8-13-6-7-15-11/h11,13-14H,2-10H2,1H3. The first-order chi connectivity index (χ1) is 7.35. The highest BCUT2D eigenvalue weighted by Crippen LogP contribution is 2.42. The van der Waals surface area contributed by atoms with Gasteiger partial charge < -0.3 is 15.4 Å². The Labute approximate surface area is 93.0 Å². The minimum Gasteiger partial charge on any atom is -0.374 e. The smallest absolute Gasteiger partial charge is 0.0824 e. The maximum atomic E-state index is 5.65. The summed E-state index contributed by atoms with van der Waals surface area (Å²) >= 11 is 0. The molecule has 2 aliphatic rings. The third-order valence-electron chi connectivity index (χ3n) is 4.04. The monoisotopic (exact) mass is 212 g/mol. The van der Waals surface area contributed by atoms with Crippen molar-refractivity contribution in [2.45, 2.75) is 38.7 Å². The van der Waals surface area contributed by atoms with Gasteiger partial charge in [-0.1, -0.05) is 13.3 Å². The minimum absolute atomic E-state index is 0.382. The molecule has 0 bridgehead atoms. The number of hydrogen-bond donors (Lipinski definition) is 2. The Morgan fingerprint density at radius 3 is 2.87 bits per heavy atom. The lowest BCUT2D eigenvalue weighted by Crippen LogP contribution is -2.47. The van der Waals surface area contributed by atoms with E-state index >= 15 is 0 Å². The lowest BCUT2D eigenvalue weighted by Gasteiger charge is -2.42. The van der Waals surface area contributed by atoms with Crippen LogP contribution in [0.1, 0.15) is 32.6 Å². The van der Waals surface area contributed by atoms with E-state index in [1.165, 1.54) is 32.2 Å². The Morgan fingerprint density at radius 2 is 2.33 bits per heavy atom. The molecule has 88 valence electrons. The summed E-state index contributed by atoms with van der Waals surface area (Å²) in [4.78, 5) is 0. The van der Waals surface area contributed by atoms with E-state index in [2.05, 4.69) is 17.6 Å². The van der Waals surface area contributed by atoms with Gasteiger partial charge in [0.15, 0.2) is 0 Å². The molecule has 1 aliphatic carbocycles. The lowest BCUT2D eigenvalue weighted by molar-refractivity contribution is 0.0244. The van der Waals surface area contributed by atoms with Crippen molar-refractivity contribution in [1.82, 2.24) is 10.6 Å². The van der Waals surface area contributed by atoms with Crippen LogP contribution in [0.3, 0.4) is 0 Å². The third kappa shape index (κ3) is 2.92. The van der Waals surface area contributed by atoms with Crippen LogP contribution in [-0.2, 0) is 4.74 Å². The van der Waals surface area contributed by atoms with Gasteiger partial charge in [0.1, 0.15) is 0 Å². The summed E-state index contributed by atoms with van der Waals surface area (Å²) < 4.78 is 5.65. The average molecular weight is 212 g/mol. The molecule has 2 fully saturated rings. The summed E-state index contributed by atoms with van der Waals surface area (Å²) in [6, 6.07) is 0. The molecule has 0 radical (unpaired) electrons. The number of ether oxygens (including phenoxy) is 1. The molecule has 0 aromatic rings. The fourth-order valence-electron chi connectivity index (χ4n) is 2.58. The number of nitrogens with one attached hydrogen (secondary N) is 2. The molecule has 2 rings (SSSR count). The van der Waals surface area contributed by atoms with Gasteiger partial charge in [-0.25, -0.2) is 0 Å². The van der Waals surface area contributed by atoms with Gasteiger partial charge in [0.05, 0.1) is 12.7 Å². The van der Waals surface area contributed by atoms with Crippen LogP contribution in [0.4, 0.5) is 0 Å².